The molecule has 1 heterocycles. The van der Waals surface area contributed by atoms with Crippen LogP contribution >= 0.6 is 47.0 Å². The van der Waals surface area contributed by atoms with E-state index in [1.165, 1.54) is 72.2 Å². The van der Waals surface area contributed by atoms with Crippen molar-refractivity contribution < 1.29 is 20.6 Å². The summed E-state index contributed by atoms with van der Waals surface area (Å²) in [6, 6.07) is 0. The van der Waals surface area contributed by atoms with E-state index in [0.29, 0.717) is 0 Å². The standard InChI is InChI=1S/C12H26N2S4.2HNO3/c1-5-15-9-10-17-7-3-14-4-8-18-12-11-16-6-2-13-1;2*2-1(3)4/h13-14H,1-12H2;2*(H,2,3,4). The minimum atomic E-state index is -1.50. The molecule has 1 rings (SSSR count). The fourth-order valence-corrected chi connectivity index (χ4v) is 5.33. The van der Waals surface area contributed by atoms with Crippen LogP contribution in [0.3, 0.4) is 0 Å². The number of nitrogens with one attached hydrogen (secondary N) is 2. The maximum Gasteiger partial charge on any atom is 0.291 e. The Morgan fingerprint density at radius 3 is 0.962 bits per heavy atom. The Balaban J connectivity index is 0. The van der Waals surface area contributed by atoms with Crippen LogP contribution in [0.4, 0.5) is 0 Å². The maximum absolute atomic E-state index is 8.36. The first-order chi connectivity index (χ1) is 12.5. The third-order valence-electron chi connectivity index (χ3n) is 2.44. The molecule has 0 amide bonds. The fraction of sp³-hybridized carbons (Fsp3) is 1.00. The maximum atomic E-state index is 8.36. The Bertz CT molecular complexity index is 239. The Morgan fingerprint density at radius 1 is 0.577 bits per heavy atom. The SMILES string of the molecule is C1CSCCSCCNCCSCCSCCN1.O=[N+]([O-])O.O=[N+]([O-])O. The highest BCUT2D eigenvalue weighted by Crippen LogP contribution is 2.07. The van der Waals surface area contributed by atoms with Gasteiger partial charge in [0.05, 0.1) is 0 Å². The molecule has 1 fully saturated rings. The molecule has 4 N–H and O–H groups in total. The second-order valence-electron chi connectivity index (χ2n) is 4.43. The summed E-state index contributed by atoms with van der Waals surface area (Å²) >= 11 is 8.33. The van der Waals surface area contributed by atoms with Crippen molar-refractivity contribution in [3.8, 4) is 0 Å². The largest absolute Gasteiger partial charge is 0.328 e. The first-order valence-corrected chi connectivity index (χ1v) is 12.5. The van der Waals surface area contributed by atoms with E-state index in [1.54, 1.807) is 0 Å². The van der Waals surface area contributed by atoms with Crippen LogP contribution in [0.25, 0.3) is 0 Å². The molecule has 0 aliphatic carbocycles. The number of nitrogens with zero attached hydrogens (tertiary/aromatic N) is 2. The molecule has 156 valence electrons. The van der Waals surface area contributed by atoms with Gasteiger partial charge in [-0.15, -0.1) is 20.2 Å². The molecule has 10 nitrogen and oxygen atoms in total. The van der Waals surface area contributed by atoms with Gasteiger partial charge in [-0.3, -0.25) is 0 Å². The van der Waals surface area contributed by atoms with Crippen LogP contribution < -0.4 is 10.6 Å². The topological polar surface area (TPSA) is 151 Å². The molecule has 1 saturated heterocycles. The molecule has 1 aliphatic rings. The number of hydrogen-bond donors (Lipinski definition) is 4. The molecular weight excluding hydrogens is 424 g/mol. The lowest BCUT2D eigenvalue weighted by atomic mass is 10.7. The van der Waals surface area contributed by atoms with Gasteiger partial charge in [0.25, 0.3) is 10.2 Å². The van der Waals surface area contributed by atoms with Gasteiger partial charge in [0, 0.05) is 72.2 Å². The highest BCUT2D eigenvalue weighted by atomic mass is 32.2. The van der Waals surface area contributed by atoms with Crippen LogP contribution in [0.15, 0.2) is 0 Å². The number of thioether (sulfide) groups is 4. The van der Waals surface area contributed by atoms with E-state index >= 15 is 0 Å². The molecule has 0 aromatic rings. The van der Waals surface area contributed by atoms with E-state index in [2.05, 4.69) is 57.7 Å². The lowest BCUT2D eigenvalue weighted by Crippen LogP contribution is -2.21. The number of hydrogen-bond acceptors (Lipinski definition) is 10. The highest BCUT2D eigenvalue weighted by Gasteiger charge is 1.95. The third-order valence-corrected chi connectivity index (χ3v) is 6.90. The highest BCUT2D eigenvalue weighted by molar-refractivity contribution is 8.03. The van der Waals surface area contributed by atoms with E-state index in [1.807, 2.05) is 0 Å². The Labute approximate surface area is 170 Å². The van der Waals surface area contributed by atoms with Crippen molar-refractivity contribution in [3.63, 3.8) is 0 Å². The zero-order valence-corrected chi connectivity index (χ0v) is 17.8. The minimum Gasteiger partial charge on any atom is -0.328 e. The van der Waals surface area contributed by atoms with Crippen LogP contribution in [-0.2, 0) is 0 Å². The zero-order valence-electron chi connectivity index (χ0n) is 14.5. The van der Waals surface area contributed by atoms with Crippen LogP contribution in [0.2, 0.25) is 0 Å². The molecule has 0 bridgehead atoms. The quantitative estimate of drug-likeness (QED) is 0.311. The first-order valence-electron chi connectivity index (χ1n) is 7.85. The van der Waals surface area contributed by atoms with E-state index < -0.39 is 10.2 Å². The van der Waals surface area contributed by atoms with Crippen molar-refractivity contribution in [1.29, 1.82) is 0 Å². The lowest BCUT2D eigenvalue weighted by molar-refractivity contribution is -0.742. The molecule has 0 radical (unpaired) electrons. The van der Waals surface area contributed by atoms with Crippen molar-refractivity contribution in [2.24, 2.45) is 0 Å². The summed E-state index contributed by atoms with van der Waals surface area (Å²) in [5.41, 5.74) is 0. The van der Waals surface area contributed by atoms with Crippen LogP contribution in [0, 0.1) is 20.2 Å². The van der Waals surface area contributed by atoms with Crippen LogP contribution in [-0.4, -0.2) is 92.8 Å². The Kier molecular flexibility index (Phi) is 26.6. The summed E-state index contributed by atoms with van der Waals surface area (Å²) in [7, 11) is 0. The minimum absolute atomic E-state index is 1.17. The molecule has 0 unspecified atom stereocenters. The summed E-state index contributed by atoms with van der Waals surface area (Å²) < 4.78 is 0. The van der Waals surface area contributed by atoms with E-state index in [4.69, 9.17) is 30.6 Å². The van der Waals surface area contributed by atoms with E-state index in [0.717, 1.165) is 0 Å². The smallest absolute Gasteiger partial charge is 0.291 e. The normalized spacial score (nSPS) is 18.5. The molecule has 0 atom stereocenters. The van der Waals surface area contributed by atoms with Crippen molar-refractivity contribution in [2.75, 3.05) is 72.2 Å². The van der Waals surface area contributed by atoms with Gasteiger partial charge in [0.1, 0.15) is 0 Å². The van der Waals surface area contributed by atoms with Gasteiger partial charge in [0.15, 0.2) is 0 Å². The average molecular weight is 453 g/mol. The number of rotatable bonds is 0. The Morgan fingerprint density at radius 2 is 0.769 bits per heavy atom. The molecule has 0 saturated carbocycles. The van der Waals surface area contributed by atoms with Crippen LogP contribution in [0.1, 0.15) is 0 Å². The molecule has 26 heavy (non-hydrogen) atoms. The predicted octanol–water partition coefficient (Wildman–Crippen LogP) is 1.42. The van der Waals surface area contributed by atoms with Gasteiger partial charge < -0.3 is 21.0 Å². The summed E-state index contributed by atoms with van der Waals surface area (Å²) in [5.74, 6) is 10.3. The van der Waals surface area contributed by atoms with Gasteiger partial charge in [-0.2, -0.15) is 47.0 Å². The molecule has 14 heteroatoms. The van der Waals surface area contributed by atoms with Gasteiger partial charge in [-0.25, -0.2) is 0 Å². The molecular formula is C12H28N4O6S4. The molecule has 0 spiro atoms. The predicted molar refractivity (Wildman–Crippen MR) is 113 cm³/mol. The van der Waals surface area contributed by atoms with Crippen molar-refractivity contribution in [3.05, 3.63) is 20.2 Å². The monoisotopic (exact) mass is 452 g/mol. The van der Waals surface area contributed by atoms with Gasteiger partial charge in [-0.05, 0) is 0 Å². The average Bonchev–Trinajstić information content (AvgIpc) is 2.54. The molecule has 0 aromatic carbocycles. The summed E-state index contributed by atoms with van der Waals surface area (Å²) in [4.78, 5) is 16.7. The summed E-state index contributed by atoms with van der Waals surface area (Å²) in [6.45, 7) is 4.69. The van der Waals surface area contributed by atoms with Gasteiger partial charge in [0.2, 0.25) is 0 Å². The molecule has 0 aromatic heterocycles. The Hall–Kier alpha value is -0.280. The first kappa shape index (κ1) is 27.9. The van der Waals surface area contributed by atoms with Gasteiger partial charge >= 0.3 is 0 Å². The van der Waals surface area contributed by atoms with Crippen molar-refractivity contribution in [1.82, 2.24) is 10.6 Å². The third kappa shape index (κ3) is 39.0. The fourth-order valence-electron chi connectivity index (χ4n) is 1.47. The summed E-state index contributed by atoms with van der Waals surface area (Å²) in [5, 5.41) is 34.3. The van der Waals surface area contributed by atoms with E-state index in [9.17, 15) is 0 Å². The molecule has 1 aliphatic heterocycles. The summed E-state index contributed by atoms with van der Waals surface area (Å²) in [6.07, 6.45) is 0. The van der Waals surface area contributed by atoms with Crippen LogP contribution in [0.5, 0.6) is 0 Å². The van der Waals surface area contributed by atoms with Crippen molar-refractivity contribution >= 4 is 47.0 Å². The van der Waals surface area contributed by atoms with E-state index in [-0.39, 0.29) is 0 Å². The second-order valence-corrected chi connectivity index (χ2v) is 9.32. The second kappa shape index (κ2) is 24.7. The van der Waals surface area contributed by atoms with Gasteiger partial charge in [-0.1, -0.05) is 0 Å². The lowest BCUT2D eigenvalue weighted by Gasteiger charge is -2.07. The van der Waals surface area contributed by atoms with Crippen molar-refractivity contribution in [2.45, 2.75) is 0 Å². The zero-order chi connectivity index (χ0) is 19.9.